The standard InChI is InChI=1S/C18H24ClFN2O2/c1-22(11-10-20)18(24)15-9-8-14(12-16(15)19)21-17(23)13-6-4-2-3-5-7-13/h8-9,12-13H,2-7,10-11H2,1H3,(H,21,23). The van der Waals surface area contributed by atoms with Gasteiger partial charge in [0.25, 0.3) is 5.91 Å². The normalized spacial score (nSPS) is 15.6. The van der Waals surface area contributed by atoms with Gasteiger partial charge in [0.05, 0.1) is 10.6 Å². The predicted octanol–water partition coefficient (Wildman–Crippen LogP) is 4.29. The van der Waals surface area contributed by atoms with Crippen molar-refractivity contribution in [3.8, 4) is 0 Å². The first-order valence-corrected chi connectivity index (χ1v) is 8.82. The van der Waals surface area contributed by atoms with Crippen LogP contribution in [0.5, 0.6) is 0 Å². The molecule has 0 unspecified atom stereocenters. The molecule has 1 saturated carbocycles. The highest BCUT2D eigenvalue weighted by atomic mass is 35.5. The van der Waals surface area contributed by atoms with Gasteiger partial charge in [-0.15, -0.1) is 0 Å². The Morgan fingerprint density at radius 3 is 2.50 bits per heavy atom. The van der Waals surface area contributed by atoms with Gasteiger partial charge < -0.3 is 10.2 Å². The number of nitrogens with zero attached hydrogens (tertiary/aromatic N) is 1. The fourth-order valence-electron chi connectivity index (χ4n) is 2.99. The first-order valence-electron chi connectivity index (χ1n) is 8.44. The predicted molar refractivity (Wildman–Crippen MR) is 94.2 cm³/mol. The van der Waals surface area contributed by atoms with Crippen LogP contribution >= 0.6 is 11.6 Å². The lowest BCUT2D eigenvalue weighted by atomic mass is 9.99. The van der Waals surface area contributed by atoms with E-state index in [0.29, 0.717) is 11.3 Å². The van der Waals surface area contributed by atoms with Gasteiger partial charge in [-0.1, -0.05) is 37.3 Å². The molecule has 24 heavy (non-hydrogen) atoms. The van der Waals surface area contributed by atoms with Crippen LogP contribution < -0.4 is 5.32 Å². The lowest BCUT2D eigenvalue weighted by Gasteiger charge is -2.17. The summed E-state index contributed by atoms with van der Waals surface area (Å²) in [6.45, 7) is -0.579. The summed E-state index contributed by atoms with van der Waals surface area (Å²) in [6.07, 6.45) is 6.41. The molecular formula is C18H24ClFN2O2. The molecule has 2 amide bonds. The molecule has 1 N–H and O–H groups in total. The van der Waals surface area contributed by atoms with Crippen LogP contribution in [0.3, 0.4) is 0 Å². The van der Waals surface area contributed by atoms with Gasteiger partial charge in [-0.2, -0.15) is 0 Å². The largest absolute Gasteiger partial charge is 0.339 e. The lowest BCUT2D eigenvalue weighted by Crippen LogP contribution is -2.29. The van der Waals surface area contributed by atoms with Gasteiger partial charge in [0.2, 0.25) is 5.91 Å². The van der Waals surface area contributed by atoms with Crippen LogP contribution in [0.15, 0.2) is 18.2 Å². The molecular weight excluding hydrogens is 331 g/mol. The molecule has 1 fully saturated rings. The van der Waals surface area contributed by atoms with Crippen LogP contribution in [0.1, 0.15) is 48.9 Å². The molecule has 0 heterocycles. The second-order valence-corrected chi connectivity index (χ2v) is 6.70. The summed E-state index contributed by atoms with van der Waals surface area (Å²) < 4.78 is 12.4. The number of anilines is 1. The van der Waals surface area contributed by atoms with Crippen molar-refractivity contribution in [1.29, 1.82) is 0 Å². The Kier molecular flexibility index (Phi) is 7.03. The molecule has 0 bridgehead atoms. The van der Waals surface area contributed by atoms with Crippen LogP contribution in [0.2, 0.25) is 5.02 Å². The van der Waals surface area contributed by atoms with E-state index in [1.807, 2.05) is 0 Å². The summed E-state index contributed by atoms with van der Waals surface area (Å²) in [4.78, 5) is 25.8. The van der Waals surface area contributed by atoms with E-state index in [4.69, 9.17) is 11.6 Å². The van der Waals surface area contributed by atoms with Crippen molar-refractivity contribution in [1.82, 2.24) is 4.90 Å². The van der Waals surface area contributed by atoms with Crippen LogP contribution in [-0.2, 0) is 4.79 Å². The molecule has 1 aromatic carbocycles. The maximum Gasteiger partial charge on any atom is 0.255 e. The Morgan fingerprint density at radius 1 is 1.25 bits per heavy atom. The van der Waals surface area contributed by atoms with Gasteiger partial charge in [0.1, 0.15) is 6.67 Å². The minimum Gasteiger partial charge on any atom is -0.339 e. The summed E-state index contributed by atoms with van der Waals surface area (Å²) in [6, 6.07) is 4.81. The van der Waals surface area contributed by atoms with Gasteiger partial charge in [-0.25, -0.2) is 4.39 Å². The highest BCUT2D eigenvalue weighted by Gasteiger charge is 2.21. The number of carbonyl (C=O) groups excluding carboxylic acids is 2. The van der Waals surface area contributed by atoms with Gasteiger partial charge in [-0.05, 0) is 31.0 Å². The number of alkyl halides is 1. The molecule has 0 atom stereocenters. The number of hydrogen-bond donors (Lipinski definition) is 1. The van der Waals surface area contributed by atoms with Crippen LogP contribution in [0, 0.1) is 5.92 Å². The maximum atomic E-state index is 12.4. The summed E-state index contributed by atoms with van der Waals surface area (Å²) in [5, 5.41) is 3.15. The molecule has 4 nitrogen and oxygen atoms in total. The van der Waals surface area contributed by atoms with Crippen molar-refractivity contribution in [2.24, 2.45) is 5.92 Å². The van der Waals surface area contributed by atoms with Crippen molar-refractivity contribution >= 4 is 29.1 Å². The van der Waals surface area contributed by atoms with Crippen LogP contribution in [0.4, 0.5) is 10.1 Å². The number of amides is 2. The Bertz CT molecular complexity index is 586. The molecule has 0 aliphatic heterocycles. The summed E-state index contributed by atoms with van der Waals surface area (Å²) in [5.74, 6) is -0.274. The second-order valence-electron chi connectivity index (χ2n) is 6.29. The number of halogens is 2. The molecule has 0 spiro atoms. The molecule has 0 saturated heterocycles. The maximum absolute atomic E-state index is 12.4. The van der Waals surface area contributed by atoms with E-state index >= 15 is 0 Å². The summed E-state index contributed by atoms with van der Waals surface area (Å²) >= 11 is 6.17. The Labute approximate surface area is 147 Å². The van der Waals surface area contributed by atoms with Crippen molar-refractivity contribution in [2.45, 2.75) is 38.5 Å². The zero-order valence-corrected chi connectivity index (χ0v) is 14.7. The Hall–Kier alpha value is -1.62. The number of nitrogens with one attached hydrogen (secondary N) is 1. The molecule has 1 aromatic rings. The zero-order chi connectivity index (χ0) is 17.5. The third-order valence-electron chi connectivity index (χ3n) is 4.46. The summed E-state index contributed by atoms with van der Waals surface area (Å²) in [7, 11) is 1.53. The van der Waals surface area contributed by atoms with E-state index in [1.54, 1.807) is 18.2 Å². The van der Waals surface area contributed by atoms with E-state index in [1.165, 1.54) is 24.8 Å². The van der Waals surface area contributed by atoms with Crippen molar-refractivity contribution < 1.29 is 14.0 Å². The Balaban J connectivity index is 2.03. The first-order chi connectivity index (χ1) is 11.5. The van der Waals surface area contributed by atoms with Gasteiger partial charge in [-0.3, -0.25) is 9.59 Å². The van der Waals surface area contributed by atoms with Crippen molar-refractivity contribution in [3.05, 3.63) is 28.8 Å². The number of rotatable bonds is 5. The third-order valence-corrected chi connectivity index (χ3v) is 4.77. The number of carbonyl (C=O) groups is 2. The molecule has 0 radical (unpaired) electrons. The zero-order valence-electron chi connectivity index (χ0n) is 14.0. The van der Waals surface area contributed by atoms with Gasteiger partial charge in [0, 0.05) is 25.2 Å². The average molecular weight is 355 g/mol. The van der Waals surface area contributed by atoms with E-state index in [-0.39, 0.29) is 29.3 Å². The SMILES string of the molecule is CN(CCF)C(=O)c1ccc(NC(=O)C2CCCCCC2)cc1Cl. The van der Waals surface area contributed by atoms with Crippen LogP contribution in [0.25, 0.3) is 0 Å². The summed E-state index contributed by atoms with van der Waals surface area (Å²) in [5.41, 5.74) is 0.888. The van der Waals surface area contributed by atoms with E-state index in [2.05, 4.69) is 5.32 Å². The molecule has 132 valence electrons. The highest BCUT2D eigenvalue weighted by Crippen LogP contribution is 2.26. The van der Waals surface area contributed by atoms with E-state index < -0.39 is 6.67 Å². The van der Waals surface area contributed by atoms with Crippen LogP contribution in [-0.4, -0.2) is 37.0 Å². The number of hydrogen-bond acceptors (Lipinski definition) is 2. The average Bonchev–Trinajstić information content (AvgIpc) is 2.84. The van der Waals surface area contributed by atoms with Crippen molar-refractivity contribution in [2.75, 3.05) is 25.6 Å². The van der Waals surface area contributed by atoms with Crippen molar-refractivity contribution in [3.63, 3.8) is 0 Å². The Morgan fingerprint density at radius 2 is 1.92 bits per heavy atom. The molecule has 1 aliphatic carbocycles. The molecule has 2 rings (SSSR count). The molecule has 0 aromatic heterocycles. The fraction of sp³-hybridized carbons (Fsp3) is 0.556. The number of benzene rings is 1. The topological polar surface area (TPSA) is 49.4 Å². The third kappa shape index (κ3) is 4.94. The second kappa shape index (κ2) is 9.02. The minimum absolute atomic E-state index is 0.0154. The van der Waals surface area contributed by atoms with E-state index in [9.17, 15) is 14.0 Å². The van der Waals surface area contributed by atoms with Gasteiger partial charge >= 0.3 is 0 Å². The molecule has 1 aliphatic rings. The van der Waals surface area contributed by atoms with Gasteiger partial charge in [0.15, 0.2) is 0 Å². The van der Waals surface area contributed by atoms with E-state index in [0.717, 1.165) is 25.7 Å². The smallest absolute Gasteiger partial charge is 0.255 e. The fourth-order valence-corrected chi connectivity index (χ4v) is 3.25. The monoisotopic (exact) mass is 354 g/mol. The molecule has 6 heteroatoms. The highest BCUT2D eigenvalue weighted by molar-refractivity contribution is 6.34. The lowest BCUT2D eigenvalue weighted by molar-refractivity contribution is -0.120. The minimum atomic E-state index is -0.602. The first kappa shape index (κ1) is 18.7. The quantitative estimate of drug-likeness (QED) is 0.802.